The molecule has 1 aromatic carbocycles. The highest BCUT2D eigenvalue weighted by molar-refractivity contribution is 6.38. The highest BCUT2D eigenvalue weighted by Gasteiger charge is 2.35. The van der Waals surface area contributed by atoms with Crippen molar-refractivity contribution in [2.45, 2.75) is 13.0 Å². The molecule has 2 aliphatic heterocycles. The number of aliphatic hydroxyl groups is 1. The van der Waals surface area contributed by atoms with E-state index in [9.17, 15) is 19.5 Å². The van der Waals surface area contributed by atoms with Crippen molar-refractivity contribution in [1.82, 2.24) is 15.1 Å². The van der Waals surface area contributed by atoms with Crippen molar-refractivity contribution < 1.29 is 29.0 Å². The minimum absolute atomic E-state index is 0.103. The van der Waals surface area contributed by atoms with Gasteiger partial charge in [-0.25, -0.2) is 4.79 Å². The molecule has 0 spiro atoms. The molecule has 0 radical (unpaired) electrons. The summed E-state index contributed by atoms with van der Waals surface area (Å²) >= 11 is 0. The van der Waals surface area contributed by atoms with E-state index < -0.39 is 23.9 Å². The number of amides is 4. The number of piperazine rings is 1. The second-order valence-electron chi connectivity index (χ2n) is 5.95. The van der Waals surface area contributed by atoms with Gasteiger partial charge >= 0.3 is 17.8 Å². The number of hydrogen-bond donors (Lipinski definition) is 2. The molecule has 26 heavy (non-hydrogen) atoms. The van der Waals surface area contributed by atoms with E-state index in [0.717, 1.165) is 4.90 Å². The van der Waals surface area contributed by atoms with Gasteiger partial charge in [0.2, 0.25) is 0 Å². The van der Waals surface area contributed by atoms with E-state index in [0.29, 0.717) is 43.4 Å². The average molecular weight is 363 g/mol. The molecule has 2 aliphatic rings. The fourth-order valence-corrected chi connectivity index (χ4v) is 2.83. The van der Waals surface area contributed by atoms with E-state index in [1.54, 1.807) is 25.1 Å². The number of carbonyl (C=O) groups is 3. The second kappa shape index (κ2) is 7.61. The lowest BCUT2D eigenvalue weighted by atomic mass is 10.1. The standard InChI is InChI=1S/C17H21N3O6/c1-2-19-5-6-20(16(23)15(19)22)17(24)18-10-12(21)11-3-4-13-14(9-11)26-8-7-25-13/h3-4,9,12,21H,2,5-8,10H2,1H3,(H,18,24). The first-order valence-corrected chi connectivity index (χ1v) is 8.47. The van der Waals surface area contributed by atoms with Crippen molar-refractivity contribution >= 4 is 17.8 Å². The molecular formula is C17H21N3O6. The number of nitrogens with zero attached hydrogens (tertiary/aromatic N) is 2. The Morgan fingerprint density at radius 2 is 1.92 bits per heavy atom. The van der Waals surface area contributed by atoms with Gasteiger partial charge in [0.05, 0.1) is 6.10 Å². The number of fused-ring (bicyclic) bond motifs is 1. The number of aliphatic hydroxyl groups excluding tert-OH is 1. The number of benzene rings is 1. The van der Waals surface area contributed by atoms with Crippen molar-refractivity contribution in [3.63, 3.8) is 0 Å². The van der Waals surface area contributed by atoms with Crippen molar-refractivity contribution in [2.24, 2.45) is 0 Å². The lowest BCUT2D eigenvalue weighted by molar-refractivity contribution is -0.153. The lowest BCUT2D eigenvalue weighted by Crippen LogP contribution is -2.58. The van der Waals surface area contributed by atoms with E-state index in [4.69, 9.17) is 9.47 Å². The highest BCUT2D eigenvalue weighted by Crippen LogP contribution is 2.32. The Kier molecular flexibility index (Phi) is 5.27. The average Bonchev–Trinajstić information content (AvgIpc) is 2.67. The van der Waals surface area contributed by atoms with E-state index in [1.807, 2.05) is 0 Å². The zero-order chi connectivity index (χ0) is 18.7. The largest absolute Gasteiger partial charge is 0.486 e. The summed E-state index contributed by atoms with van der Waals surface area (Å²) < 4.78 is 10.9. The Balaban J connectivity index is 1.57. The van der Waals surface area contributed by atoms with Crippen LogP contribution in [0.25, 0.3) is 0 Å². The summed E-state index contributed by atoms with van der Waals surface area (Å²) in [5, 5.41) is 12.8. The van der Waals surface area contributed by atoms with E-state index in [1.165, 1.54) is 4.90 Å². The summed E-state index contributed by atoms with van der Waals surface area (Å²) in [4.78, 5) is 38.3. The number of likely N-dealkylation sites (N-methyl/N-ethyl adjacent to an activating group) is 1. The Hall–Kier alpha value is -2.81. The Morgan fingerprint density at radius 1 is 1.19 bits per heavy atom. The molecule has 0 aromatic heterocycles. The molecule has 2 N–H and O–H groups in total. The van der Waals surface area contributed by atoms with Gasteiger partial charge in [0.15, 0.2) is 11.5 Å². The summed E-state index contributed by atoms with van der Waals surface area (Å²) in [5.41, 5.74) is 0.549. The van der Waals surface area contributed by atoms with Crippen LogP contribution in [0.4, 0.5) is 4.79 Å². The van der Waals surface area contributed by atoms with E-state index in [-0.39, 0.29) is 13.1 Å². The maximum atomic E-state index is 12.2. The van der Waals surface area contributed by atoms with Crippen LogP contribution in [0.2, 0.25) is 0 Å². The number of urea groups is 1. The van der Waals surface area contributed by atoms with Crippen LogP contribution in [-0.2, 0) is 9.59 Å². The molecule has 1 saturated heterocycles. The normalized spacial score (nSPS) is 17.9. The van der Waals surface area contributed by atoms with Gasteiger partial charge in [0, 0.05) is 26.2 Å². The van der Waals surface area contributed by atoms with Crippen LogP contribution in [0.15, 0.2) is 18.2 Å². The first-order chi connectivity index (χ1) is 12.5. The predicted octanol–water partition coefficient (Wildman–Crippen LogP) is -0.108. The Bertz CT molecular complexity index is 722. The van der Waals surface area contributed by atoms with Crippen LogP contribution < -0.4 is 14.8 Å². The summed E-state index contributed by atoms with van der Waals surface area (Å²) in [6.45, 7) is 3.43. The molecule has 1 aromatic rings. The molecule has 0 saturated carbocycles. The van der Waals surface area contributed by atoms with Crippen LogP contribution in [0.5, 0.6) is 11.5 Å². The fraction of sp³-hybridized carbons (Fsp3) is 0.471. The smallest absolute Gasteiger partial charge is 0.324 e. The van der Waals surface area contributed by atoms with Crippen molar-refractivity contribution in [3.8, 4) is 11.5 Å². The number of rotatable bonds is 4. The topological polar surface area (TPSA) is 108 Å². The lowest BCUT2D eigenvalue weighted by Gasteiger charge is -2.31. The van der Waals surface area contributed by atoms with Crippen molar-refractivity contribution in [1.29, 1.82) is 0 Å². The van der Waals surface area contributed by atoms with Gasteiger partial charge < -0.3 is 24.8 Å². The van der Waals surface area contributed by atoms with Crippen molar-refractivity contribution in [3.05, 3.63) is 23.8 Å². The van der Waals surface area contributed by atoms with Crippen LogP contribution in [0, 0.1) is 0 Å². The van der Waals surface area contributed by atoms with Crippen LogP contribution in [0.1, 0.15) is 18.6 Å². The molecule has 9 nitrogen and oxygen atoms in total. The first kappa shape index (κ1) is 18.0. The number of ether oxygens (including phenoxy) is 2. The highest BCUT2D eigenvalue weighted by atomic mass is 16.6. The summed E-state index contributed by atoms with van der Waals surface area (Å²) in [6, 6.07) is 4.33. The third kappa shape index (κ3) is 3.57. The Morgan fingerprint density at radius 3 is 2.65 bits per heavy atom. The van der Waals surface area contributed by atoms with Crippen LogP contribution >= 0.6 is 0 Å². The van der Waals surface area contributed by atoms with Gasteiger partial charge in [-0.05, 0) is 24.6 Å². The van der Waals surface area contributed by atoms with Gasteiger partial charge in [0.1, 0.15) is 13.2 Å². The van der Waals surface area contributed by atoms with Crippen LogP contribution in [-0.4, -0.2) is 72.1 Å². The molecule has 1 atom stereocenters. The maximum absolute atomic E-state index is 12.2. The molecule has 1 unspecified atom stereocenters. The fourth-order valence-electron chi connectivity index (χ4n) is 2.83. The summed E-state index contributed by atoms with van der Waals surface area (Å²) in [5.74, 6) is -0.407. The summed E-state index contributed by atoms with van der Waals surface area (Å²) in [6.07, 6.45) is -0.988. The molecular weight excluding hydrogens is 342 g/mol. The zero-order valence-electron chi connectivity index (χ0n) is 14.4. The van der Waals surface area contributed by atoms with Crippen LogP contribution in [0.3, 0.4) is 0 Å². The molecule has 0 aliphatic carbocycles. The molecule has 4 amide bonds. The maximum Gasteiger partial charge on any atom is 0.324 e. The first-order valence-electron chi connectivity index (χ1n) is 8.47. The molecule has 140 valence electrons. The third-order valence-electron chi connectivity index (χ3n) is 4.33. The minimum Gasteiger partial charge on any atom is -0.486 e. The molecule has 3 rings (SSSR count). The molecule has 2 heterocycles. The molecule has 9 heteroatoms. The number of imide groups is 1. The van der Waals surface area contributed by atoms with Gasteiger partial charge in [-0.1, -0.05) is 6.07 Å². The quantitative estimate of drug-likeness (QED) is 0.723. The predicted molar refractivity (Wildman–Crippen MR) is 89.8 cm³/mol. The Labute approximate surface area is 150 Å². The number of nitrogens with one attached hydrogen (secondary N) is 1. The van der Waals surface area contributed by atoms with Gasteiger partial charge in [-0.2, -0.15) is 0 Å². The number of carbonyl (C=O) groups excluding carboxylic acids is 3. The molecule has 1 fully saturated rings. The summed E-state index contributed by atoms with van der Waals surface area (Å²) in [7, 11) is 0. The van der Waals surface area contributed by atoms with E-state index in [2.05, 4.69) is 5.32 Å². The monoisotopic (exact) mass is 363 g/mol. The van der Waals surface area contributed by atoms with Gasteiger partial charge in [0.25, 0.3) is 0 Å². The van der Waals surface area contributed by atoms with Gasteiger partial charge in [-0.15, -0.1) is 0 Å². The minimum atomic E-state index is -0.988. The van der Waals surface area contributed by atoms with Crippen molar-refractivity contribution in [2.75, 3.05) is 39.4 Å². The second-order valence-corrected chi connectivity index (χ2v) is 5.95. The third-order valence-corrected chi connectivity index (χ3v) is 4.33. The zero-order valence-corrected chi connectivity index (χ0v) is 14.4. The SMILES string of the molecule is CCN1CCN(C(=O)NCC(O)c2ccc3c(c2)OCCO3)C(=O)C1=O. The van der Waals surface area contributed by atoms with E-state index >= 15 is 0 Å². The van der Waals surface area contributed by atoms with Gasteiger partial charge in [-0.3, -0.25) is 14.5 Å². The number of hydrogen-bond acceptors (Lipinski definition) is 6. The molecule has 0 bridgehead atoms.